The van der Waals surface area contributed by atoms with E-state index in [9.17, 15) is 4.79 Å². The lowest BCUT2D eigenvalue weighted by atomic mass is 10.2. The van der Waals surface area contributed by atoms with Gasteiger partial charge in [0.05, 0.1) is 6.61 Å². The highest BCUT2D eigenvalue weighted by Gasteiger charge is 2.04. The summed E-state index contributed by atoms with van der Waals surface area (Å²) in [5.41, 5.74) is 1.93. The van der Waals surface area contributed by atoms with Crippen molar-refractivity contribution >= 4 is 28.0 Å². The van der Waals surface area contributed by atoms with Crippen molar-refractivity contribution in [1.29, 1.82) is 0 Å². The molecule has 0 radical (unpaired) electrons. The molecule has 0 unspecified atom stereocenters. The van der Waals surface area contributed by atoms with Crippen LogP contribution in [0.5, 0.6) is 11.5 Å². The van der Waals surface area contributed by atoms with Crippen molar-refractivity contribution < 1.29 is 14.3 Å². The molecule has 0 amide bonds. The first-order chi connectivity index (χ1) is 10.6. The second-order valence-electron chi connectivity index (χ2n) is 4.68. The van der Waals surface area contributed by atoms with Crippen LogP contribution in [0.4, 0.5) is 0 Å². The Morgan fingerprint density at radius 2 is 1.91 bits per heavy atom. The summed E-state index contributed by atoms with van der Waals surface area (Å²) in [5, 5.41) is 0. The van der Waals surface area contributed by atoms with E-state index in [4.69, 9.17) is 9.47 Å². The quantitative estimate of drug-likeness (QED) is 0.437. The van der Waals surface area contributed by atoms with Crippen LogP contribution in [0.1, 0.15) is 18.1 Å². The first-order valence-corrected chi connectivity index (χ1v) is 7.76. The van der Waals surface area contributed by atoms with E-state index in [0.29, 0.717) is 12.4 Å². The summed E-state index contributed by atoms with van der Waals surface area (Å²) < 4.78 is 11.7. The van der Waals surface area contributed by atoms with Gasteiger partial charge in [0, 0.05) is 16.1 Å². The molecule has 0 aliphatic carbocycles. The highest BCUT2D eigenvalue weighted by molar-refractivity contribution is 9.10. The first kappa shape index (κ1) is 16.3. The fourth-order valence-corrected chi connectivity index (χ4v) is 2.23. The van der Waals surface area contributed by atoms with Gasteiger partial charge in [-0.25, -0.2) is 4.79 Å². The molecular weight excluding hydrogens is 344 g/mol. The standard InChI is InChI=1S/C18H17BrO3/c1-3-21-17-10-7-15(19)12-14(17)6-11-18(20)22-16-8-4-13(2)5-9-16/h4-12H,3H2,1-2H3/b11-6+. The van der Waals surface area contributed by atoms with E-state index in [0.717, 1.165) is 21.3 Å². The smallest absolute Gasteiger partial charge is 0.336 e. The van der Waals surface area contributed by atoms with Gasteiger partial charge in [0.1, 0.15) is 11.5 Å². The largest absolute Gasteiger partial charge is 0.493 e. The summed E-state index contributed by atoms with van der Waals surface area (Å²) in [7, 11) is 0. The third-order valence-corrected chi connectivity index (χ3v) is 3.40. The van der Waals surface area contributed by atoms with Crippen LogP contribution in [0.15, 0.2) is 53.0 Å². The Morgan fingerprint density at radius 1 is 1.18 bits per heavy atom. The summed E-state index contributed by atoms with van der Waals surface area (Å²) >= 11 is 3.41. The average Bonchev–Trinajstić information content (AvgIpc) is 2.50. The minimum Gasteiger partial charge on any atom is -0.493 e. The SMILES string of the molecule is CCOc1ccc(Br)cc1/C=C/C(=O)Oc1ccc(C)cc1. The molecule has 0 spiro atoms. The number of aryl methyl sites for hydroxylation is 1. The monoisotopic (exact) mass is 360 g/mol. The fraction of sp³-hybridized carbons (Fsp3) is 0.167. The number of halogens is 1. The van der Waals surface area contributed by atoms with Crippen LogP contribution in [-0.4, -0.2) is 12.6 Å². The molecule has 0 atom stereocenters. The zero-order valence-corrected chi connectivity index (χ0v) is 14.1. The molecule has 2 aromatic rings. The molecule has 4 heteroatoms. The zero-order chi connectivity index (χ0) is 15.9. The number of esters is 1. The Bertz CT molecular complexity index is 675. The minimum atomic E-state index is -0.425. The Balaban J connectivity index is 2.09. The topological polar surface area (TPSA) is 35.5 Å². The molecular formula is C18H17BrO3. The van der Waals surface area contributed by atoms with Crippen LogP contribution < -0.4 is 9.47 Å². The van der Waals surface area contributed by atoms with Gasteiger partial charge in [-0.1, -0.05) is 33.6 Å². The van der Waals surface area contributed by atoms with E-state index in [1.54, 1.807) is 18.2 Å². The maximum Gasteiger partial charge on any atom is 0.336 e. The van der Waals surface area contributed by atoms with Crippen molar-refractivity contribution in [2.75, 3.05) is 6.61 Å². The number of carbonyl (C=O) groups is 1. The Morgan fingerprint density at radius 3 is 2.59 bits per heavy atom. The molecule has 0 aliphatic rings. The van der Waals surface area contributed by atoms with Gasteiger partial charge in [0.25, 0.3) is 0 Å². The van der Waals surface area contributed by atoms with Gasteiger partial charge < -0.3 is 9.47 Å². The lowest BCUT2D eigenvalue weighted by molar-refractivity contribution is -0.128. The van der Waals surface area contributed by atoms with Crippen molar-refractivity contribution in [1.82, 2.24) is 0 Å². The van der Waals surface area contributed by atoms with E-state index in [1.165, 1.54) is 6.08 Å². The average molecular weight is 361 g/mol. The molecule has 0 aliphatic heterocycles. The van der Waals surface area contributed by atoms with E-state index in [1.807, 2.05) is 44.2 Å². The van der Waals surface area contributed by atoms with Crippen LogP contribution in [0.2, 0.25) is 0 Å². The molecule has 0 aromatic heterocycles. The fourth-order valence-electron chi connectivity index (χ4n) is 1.85. The molecule has 3 nitrogen and oxygen atoms in total. The van der Waals surface area contributed by atoms with Gasteiger partial charge in [0.15, 0.2) is 0 Å². The van der Waals surface area contributed by atoms with Crippen LogP contribution in [-0.2, 0) is 4.79 Å². The Kier molecular flexibility index (Phi) is 5.78. The summed E-state index contributed by atoms with van der Waals surface area (Å²) in [6.45, 7) is 4.46. The maximum absolute atomic E-state index is 11.9. The number of carbonyl (C=O) groups excluding carboxylic acids is 1. The molecule has 0 N–H and O–H groups in total. The maximum atomic E-state index is 11.9. The minimum absolute atomic E-state index is 0.425. The number of benzene rings is 2. The first-order valence-electron chi connectivity index (χ1n) is 6.97. The molecule has 2 aromatic carbocycles. The van der Waals surface area contributed by atoms with Crippen molar-refractivity contribution in [3.05, 3.63) is 64.1 Å². The lowest BCUT2D eigenvalue weighted by Crippen LogP contribution is -2.03. The Hall–Kier alpha value is -2.07. The van der Waals surface area contributed by atoms with Crippen molar-refractivity contribution in [2.45, 2.75) is 13.8 Å². The molecule has 0 saturated heterocycles. The predicted octanol–water partition coefficient (Wildman–Crippen LogP) is 4.78. The lowest BCUT2D eigenvalue weighted by Gasteiger charge is -2.07. The molecule has 0 heterocycles. The van der Waals surface area contributed by atoms with E-state index in [2.05, 4.69) is 15.9 Å². The van der Waals surface area contributed by atoms with Crippen LogP contribution in [0.25, 0.3) is 6.08 Å². The van der Waals surface area contributed by atoms with Crippen LogP contribution in [0, 0.1) is 6.92 Å². The van der Waals surface area contributed by atoms with Gasteiger partial charge in [-0.05, 0) is 50.3 Å². The number of ether oxygens (including phenoxy) is 2. The zero-order valence-electron chi connectivity index (χ0n) is 12.5. The highest BCUT2D eigenvalue weighted by Crippen LogP contribution is 2.24. The molecule has 114 valence electrons. The van der Waals surface area contributed by atoms with E-state index < -0.39 is 5.97 Å². The van der Waals surface area contributed by atoms with Crippen molar-refractivity contribution in [2.24, 2.45) is 0 Å². The van der Waals surface area contributed by atoms with E-state index in [-0.39, 0.29) is 0 Å². The summed E-state index contributed by atoms with van der Waals surface area (Å²) in [5.74, 6) is 0.830. The third kappa shape index (κ3) is 4.74. The molecule has 0 saturated carbocycles. The van der Waals surface area contributed by atoms with Gasteiger partial charge in [-0.15, -0.1) is 0 Å². The molecule has 0 fully saturated rings. The van der Waals surface area contributed by atoms with Gasteiger partial charge in [0.2, 0.25) is 0 Å². The summed E-state index contributed by atoms with van der Waals surface area (Å²) in [6, 6.07) is 13.0. The third-order valence-electron chi connectivity index (χ3n) is 2.91. The van der Waals surface area contributed by atoms with Gasteiger partial charge in [-0.2, -0.15) is 0 Å². The number of hydrogen-bond acceptors (Lipinski definition) is 3. The Labute approximate surface area is 138 Å². The molecule has 0 bridgehead atoms. The second kappa shape index (κ2) is 7.80. The van der Waals surface area contributed by atoms with Crippen molar-refractivity contribution in [3.8, 4) is 11.5 Å². The molecule has 22 heavy (non-hydrogen) atoms. The number of rotatable bonds is 5. The summed E-state index contributed by atoms with van der Waals surface area (Å²) in [4.78, 5) is 11.9. The molecule has 2 rings (SSSR count). The predicted molar refractivity (Wildman–Crippen MR) is 91.2 cm³/mol. The number of hydrogen-bond donors (Lipinski definition) is 0. The summed E-state index contributed by atoms with van der Waals surface area (Å²) in [6.07, 6.45) is 3.08. The van der Waals surface area contributed by atoms with Crippen LogP contribution >= 0.6 is 15.9 Å². The second-order valence-corrected chi connectivity index (χ2v) is 5.60. The normalized spacial score (nSPS) is 10.7. The van der Waals surface area contributed by atoms with Crippen LogP contribution in [0.3, 0.4) is 0 Å². The van der Waals surface area contributed by atoms with Gasteiger partial charge >= 0.3 is 5.97 Å². The van der Waals surface area contributed by atoms with E-state index >= 15 is 0 Å². The highest BCUT2D eigenvalue weighted by atomic mass is 79.9. The van der Waals surface area contributed by atoms with Gasteiger partial charge in [-0.3, -0.25) is 0 Å². The van der Waals surface area contributed by atoms with Crippen molar-refractivity contribution in [3.63, 3.8) is 0 Å².